The molecule has 0 spiro atoms. The van der Waals surface area contributed by atoms with E-state index in [1.165, 1.54) is 5.48 Å². The molecule has 6 nitrogen and oxygen atoms in total. The number of carbonyl (C=O) groups excluding carboxylic acids is 2. The van der Waals surface area contributed by atoms with Gasteiger partial charge in [0.25, 0.3) is 0 Å². The van der Waals surface area contributed by atoms with E-state index in [2.05, 4.69) is 4.90 Å². The molecule has 0 aromatic heterocycles. The highest BCUT2D eigenvalue weighted by Gasteiger charge is 2.12. The molecule has 0 saturated carbocycles. The molecular weight excluding hydrogens is 306 g/mol. The Morgan fingerprint density at radius 2 is 1.82 bits per heavy atom. The minimum absolute atomic E-state index is 0.0195. The number of halogens is 1. The third-order valence-corrected chi connectivity index (χ3v) is 3.65. The van der Waals surface area contributed by atoms with Crippen LogP contribution in [-0.2, 0) is 9.59 Å². The Labute approximate surface area is 135 Å². The highest BCUT2D eigenvalue weighted by atomic mass is 35.5. The Morgan fingerprint density at radius 1 is 1.18 bits per heavy atom. The summed E-state index contributed by atoms with van der Waals surface area (Å²) in [6.07, 6.45) is 0.0598. The van der Waals surface area contributed by atoms with E-state index in [0.717, 1.165) is 12.2 Å². The molecule has 0 saturated heterocycles. The third kappa shape index (κ3) is 5.91. The van der Waals surface area contributed by atoms with Crippen LogP contribution in [0.15, 0.2) is 24.3 Å². The molecule has 122 valence electrons. The number of benzene rings is 1. The number of hydrogen-bond acceptors (Lipinski definition) is 4. The van der Waals surface area contributed by atoms with E-state index >= 15 is 0 Å². The number of amides is 2. The molecule has 1 aromatic rings. The Bertz CT molecular complexity index is 493. The van der Waals surface area contributed by atoms with E-state index < -0.39 is 5.91 Å². The second kappa shape index (κ2) is 9.27. The predicted octanol–water partition coefficient (Wildman–Crippen LogP) is 1.91. The van der Waals surface area contributed by atoms with Gasteiger partial charge in [-0.3, -0.25) is 14.8 Å². The molecule has 7 heteroatoms. The largest absolute Gasteiger partial charge is 0.370 e. The molecule has 1 aromatic carbocycles. The molecule has 0 aliphatic heterocycles. The lowest BCUT2D eigenvalue weighted by molar-refractivity contribution is -0.135. The van der Waals surface area contributed by atoms with Gasteiger partial charge in [0.2, 0.25) is 11.8 Å². The monoisotopic (exact) mass is 327 g/mol. The van der Waals surface area contributed by atoms with E-state index in [4.69, 9.17) is 16.8 Å². The van der Waals surface area contributed by atoms with Gasteiger partial charge < -0.3 is 9.80 Å². The first-order valence-electron chi connectivity index (χ1n) is 7.15. The number of anilines is 1. The van der Waals surface area contributed by atoms with Crippen molar-refractivity contribution in [1.29, 1.82) is 0 Å². The summed E-state index contributed by atoms with van der Waals surface area (Å²) in [5.74, 6) is -0.686. The van der Waals surface area contributed by atoms with Crippen LogP contribution in [0.25, 0.3) is 0 Å². The minimum Gasteiger partial charge on any atom is -0.370 e. The van der Waals surface area contributed by atoms with Gasteiger partial charge in [-0.2, -0.15) is 0 Å². The number of nitrogens with zero attached hydrogens (tertiary/aromatic N) is 2. The zero-order valence-electron chi connectivity index (χ0n) is 12.9. The summed E-state index contributed by atoms with van der Waals surface area (Å²) in [7, 11) is 1.70. The molecule has 0 aliphatic rings. The molecule has 0 fully saturated rings. The Morgan fingerprint density at radius 3 is 2.36 bits per heavy atom. The second-order valence-corrected chi connectivity index (χ2v) is 5.34. The molecule has 0 atom stereocenters. The first kappa shape index (κ1) is 18.3. The molecule has 2 N–H and O–H groups in total. The smallest absolute Gasteiger partial charge is 0.243 e. The van der Waals surface area contributed by atoms with Gasteiger partial charge in [-0.25, -0.2) is 5.48 Å². The van der Waals surface area contributed by atoms with Crippen LogP contribution in [0.1, 0.15) is 19.8 Å². The van der Waals surface area contributed by atoms with Crippen LogP contribution in [0.2, 0.25) is 5.02 Å². The molecule has 0 bridgehead atoms. The van der Waals surface area contributed by atoms with Crippen molar-refractivity contribution in [3.63, 3.8) is 0 Å². The summed E-state index contributed by atoms with van der Waals surface area (Å²) < 4.78 is 0. The van der Waals surface area contributed by atoms with E-state index in [-0.39, 0.29) is 18.7 Å². The summed E-state index contributed by atoms with van der Waals surface area (Å²) in [6, 6.07) is 7.56. The van der Waals surface area contributed by atoms with E-state index in [9.17, 15) is 9.59 Å². The molecule has 0 unspecified atom stereocenters. The maximum Gasteiger partial charge on any atom is 0.243 e. The lowest BCUT2D eigenvalue weighted by Gasteiger charge is -2.26. The van der Waals surface area contributed by atoms with Gasteiger partial charge in [0.15, 0.2) is 0 Å². The number of hydroxylamine groups is 1. The van der Waals surface area contributed by atoms with Crippen LogP contribution in [-0.4, -0.2) is 48.6 Å². The van der Waals surface area contributed by atoms with Crippen molar-refractivity contribution in [3.05, 3.63) is 29.3 Å². The predicted molar refractivity (Wildman–Crippen MR) is 86.1 cm³/mol. The zero-order chi connectivity index (χ0) is 16.5. The van der Waals surface area contributed by atoms with E-state index in [0.29, 0.717) is 18.1 Å². The quantitative estimate of drug-likeness (QED) is 0.565. The van der Waals surface area contributed by atoms with Gasteiger partial charge in [-0.15, -0.1) is 0 Å². The van der Waals surface area contributed by atoms with Crippen LogP contribution >= 0.6 is 11.6 Å². The lowest BCUT2D eigenvalue weighted by Crippen LogP contribution is -2.36. The summed E-state index contributed by atoms with van der Waals surface area (Å²) in [5, 5.41) is 9.09. The zero-order valence-corrected chi connectivity index (χ0v) is 13.6. The van der Waals surface area contributed by atoms with Crippen LogP contribution in [0.4, 0.5) is 5.69 Å². The molecule has 22 heavy (non-hydrogen) atoms. The van der Waals surface area contributed by atoms with Crippen molar-refractivity contribution >= 4 is 29.1 Å². The first-order chi connectivity index (χ1) is 10.5. The van der Waals surface area contributed by atoms with Crippen molar-refractivity contribution < 1.29 is 14.8 Å². The third-order valence-electron chi connectivity index (χ3n) is 3.40. The summed E-state index contributed by atoms with van der Waals surface area (Å²) in [6.45, 7) is 4.10. The molecule has 0 aliphatic carbocycles. The molecule has 0 radical (unpaired) electrons. The van der Waals surface area contributed by atoms with Crippen molar-refractivity contribution in [2.24, 2.45) is 0 Å². The van der Waals surface area contributed by atoms with Gasteiger partial charge in [-0.1, -0.05) is 11.6 Å². The summed E-state index contributed by atoms with van der Waals surface area (Å²) in [5.41, 5.74) is 2.56. The highest BCUT2D eigenvalue weighted by molar-refractivity contribution is 6.30. The van der Waals surface area contributed by atoms with Crippen molar-refractivity contribution in [2.45, 2.75) is 19.8 Å². The van der Waals surface area contributed by atoms with Crippen LogP contribution < -0.4 is 10.4 Å². The van der Waals surface area contributed by atoms with Crippen molar-refractivity contribution in [1.82, 2.24) is 10.4 Å². The fourth-order valence-electron chi connectivity index (χ4n) is 1.98. The Balaban J connectivity index is 2.46. The van der Waals surface area contributed by atoms with Gasteiger partial charge in [-0.05, 0) is 31.2 Å². The lowest BCUT2D eigenvalue weighted by atomic mass is 10.2. The fourth-order valence-corrected chi connectivity index (χ4v) is 2.11. The second-order valence-electron chi connectivity index (χ2n) is 4.91. The maximum absolute atomic E-state index is 11.9. The van der Waals surface area contributed by atoms with Crippen molar-refractivity contribution in [3.8, 4) is 0 Å². The maximum atomic E-state index is 11.9. The average molecular weight is 328 g/mol. The van der Waals surface area contributed by atoms with Crippen LogP contribution in [0.5, 0.6) is 0 Å². The number of carbonyl (C=O) groups is 2. The number of likely N-dealkylation sites (N-methyl/N-ethyl adjacent to an activating group) is 2. The van der Waals surface area contributed by atoms with Gasteiger partial charge in [0, 0.05) is 50.2 Å². The SMILES string of the molecule is CCN(CCN(C)C(=O)CCC(=O)NO)c1ccc(Cl)cc1. The fraction of sp³-hybridized carbons (Fsp3) is 0.467. The summed E-state index contributed by atoms with van der Waals surface area (Å²) in [4.78, 5) is 26.5. The summed E-state index contributed by atoms with van der Waals surface area (Å²) >= 11 is 5.88. The molecular formula is C15H22ClN3O3. The minimum atomic E-state index is -0.557. The van der Waals surface area contributed by atoms with Crippen LogP contribution in [0, 0.1) is 0 Å². The van der Waals surface area contributed by atoms with Gasteiger partial charge in [0.05, 0.1) is 0 Å². The van der Waals surface area contributed by atoms with Crippen LogP contribution in [0.3, 0.4) is 0 Å². The molecule has 1 rings (SSSR count). The van der Waals surface area contributed by atoms with E-state index in [1.807, 2.05) is 31.2 Å². The number of hydrogen-bond donors (Lipinski definition) is 2. The molecule has 2 amide bonds. The van der Waals surface area contributed by atoms with Crippen molar-refractivity contribution in [2.75, 3.05) is 31.6 Å². The topological polar surface area (TPSA) is 72.9 Å². The first-order valence-corrected chi connectivity index (χ1v) is 7.53. The normalized spacial score (nSPS) is 10.2. The standard InChI is InChI=1S/C15H22ClN3O3/c1-3-19(13-6-4-12(16)5-7-13)11-10-18(2)15(21)9-8-14(20)17-22/h4-7,22H,3,8-11H2,1-2H3,(H,17,20). The van der Waals surface area contributed by atoms with Gasteiger partial charge in [0.1, 0.15) is 0 Å². The average Bonchev–Trinajstić information content (AvgIpc) is 2.53. The number of nitrogens with one attached hydrogen (secondary N) is 1. The Kier molecular flexibility index (Phi) is 7.70. The van der Waals surface area contributed by atoms with E-state index in [1.54, 1.807) is 11.9 Å². The highest BCUT2D eigenvalue weighted by Crippen LogP contribution is 2.17. The Hall–Kier alpha value is -1.79. The molecule has 0 heterocycles. The number of rotatable bonds is 8. The van der Waals surface area contributed by atoms with Gasteiger partial charge >= 0.3 is 0 Å².